The molecular formula is C13H19N3O4. The van der Waals surface area contributed by atoms with E-state index in [0.29, 0.717) is 18.8 Å². The summed E-state index contributed by atoms with van der Waals surface area (Å²) in [5.41, 5.74) is 5.29. The van der Waals surface area contributed by atoms with Gasteiger partial charge < -0.3 is 15.8 Å². The van der Waals surface area contributed by atoms with Crippen LogP contribution in [0.25, 0.3) is 0 Å². The summed E-state index contributed by atoms with van der Waals surface area (Å²) in [6.07, 6.45) is 0.435. The fraction of sp³-hybridized carbons (Fsp3) is 0.462. The smallest absolute Gasteiger partial charge is 0.269 e. The average Bonchev–Trinajstić information content (AvgIpc) is 2.37. The molecular weight excluding hydrogens is 262 g/mol. The fourth-order valence-electron chi connectivity index (χ4n) is 1.67. The molecule has 0 saturated heterocycles. The molecule has 0 bridgehead atoms. The van der Waals surface area contributed by atoms with E-state index >= 15 is 0 Å². The van der Waals surface area contributed by atoms with Crippen molar-refractivity contribution in [3.8, 4) is 5.75 Å². The van der Waals surface area contributed by atoms with Crippen molar-refractivity contribution in [3.63, 3.8) is 0 Å². The van der Waals surface area contributed by atoms with E-state index in [4.69, 9.17) is 10.5 Å². The Bertz CT molecular complexity index is 459. The number of ether oxygens (including phenoxy) is 1. The van der Waals surface area contributed by atoms with E-state index in [1.807, 2.05) is 13.8 Å². The second-order valence-electron chi connectivity index (χ2n) is 4.66. The largest absolute Gasteiger partial charge is 0.494 e. The van der Waals surface area contributed by atoms with Crippen LogP contribution in [0.2, 0.25) is 0 Å². The minimum absolute atomic E-state index is 0.00818. The predicted molar refractivity (Wildman–Crippen MR) is 74.5 cm³/mol. The highest BCUT2D eigenvalue weighted by Crippen LogP contribution is 2.17. The number of carbonyl (C=O) groups is 1. The van der Waals surface area contributed by atoms with Crippen LogP contribution in [0.1, 0.15) is 20.3 Å². The maximum absolute atomic E-state index is 11.2. The summed E-state index contributed by atoms with van der Waals surface area (Å²) in [5, 5.41) is 13.5. The number of nitro groups is 1. The number of carbonyl (C=O) groups excluding carboxylic acids is 1. The number of nitrogens with zero attached hydrogens (tertiary/aromatic N) is 1. The summed E-state index contributed by atoms with van der Waals surface area (Å²) >= 11 is 0. The van der Waals surface area contributed by atoms with E-state index in [1.165, 1.54) is 24.3 Å². The highest BCUT2D eigenvalue weighted by atomic mass is 16.6. The van der Waals surface area contributed by atoms with E-state index in [1.54, 1.807) is 0 Å². The fourth-order valence-corrected chi connectivity index (χ4v) is 1.67. The maximum Gasteiger partial charge on any atom is 0.269 e. The summed E-state index contributed by atoms with van der Waals surface area (Å²) in [7, 11) is 0. The Morgan fingerprint density at radius 2 is 2.00 bits per heavy atom. The Labute approximate surface area is 117 Å². The summed E-state index contributed by atoms with van der Waals surface area (Å²) in [5.74, 6) is 0.0920. The van der Waals surface area contributed by atoms with Crippen molar-refractivity contribution in [1.82, 2.24) is 5.32 Å². The molecule has 0 heterocycles. The molecule has 0 saturated carbocycles. The van der Waals surface area contributed by atoms with E-state index < -0.39 is 16.9 Å². The average molecular weight is 281 g/mol. The molecule has 0 radical (unpaired) electrons. The van der Waals surface area contributed by atoms with Crippen molar-refractivity contribution in [3.05, 3.63) is 34.4 Å². The molecule has 0 aliphatic heterocycles. The molecule has 0 aliphatic rings. The van der Waals surface area contributed by atoms with Crippen LogP contribution in [-0.2, 0) is 4.79 Å². The first-order valence-electron chi connectivity index (χ1n) is 6.32. The van der Waals surface area contributed by atoms with Crippen LogP contribution in [0.3, 0.4) is 0 Å². The second-order valence-corrected chi connectivity index (χ2v) is 4.66. The van der Waals surface area contributed by atoms with Crippen molar-refractivity contribution >= 4 is 11.6 Å². The van der Waals surface area contributed by atoms with Gasteiger partial charge in [0.15, 0.2) is 0 Å². The second kappa shape index (κ2) is 7.44. The number of benzene rings is 1. The molecule has 1 rings (SSSR count). The first-order chi connectivity index (χ1) is 9.40. The van der Waals surface area contributed by atoms with E-state index in [9.17, 15) is 14.9 Å². The molecule has 3 N–H and O–H groups in total. The summed E-state index contributed by atoms with van der Waals surface area (Å²) in [6, 6.07) is 5.47. The van der Waals surface area contributed by atoms with Gasteiger partial charge in [0.2, 0.25) is 5.91 Å². The Morgan fingerprint density at radius 1 is 1.40 bits per heavy atom. The lowest BCUT2D eigenvalue weighted by Gasteiger charge is -2.18. The van der Waals surface area contributed by atoms with E-state index in [2.05, 4.69) is 5.32 Å². The molecule has 1 amide bonds. The van der Waals surface area contributed by atoms with Gasteiger partial charge in [0.25, 0.3) is 5.69 Å². The van der Waals surface area contributed by atoms with Crippen molar-refractivity contribution < 1.29 is 14.5 Å². The number of primary amides is 1. The topological polar surface area (TPSA) is 107 Å². The monoisotopic (exact) mass is 281 g/mol. The summed E-state index contributed by atoms with van der Waals surface area (Å²) < 4.78 is 5.43. The van der Waals surface area contributed by atoms with Crippen LogP contribution in [0, 0.1) is 10.1 Å². The third-order valence-electron chi connectivity index (χ3n) is 2.60. The van der Waals surface area contributed by atoms with Crippen molar-refractivity contribution in [1.29, 1.82) is 0 Å². The van der Waals surface area contributed by atoms with Crippen LogP contribution in [0.5, 0.6) is 5.75 Å². The number of nitro benzene ring substituents is 1. The number of hydrogen-bond donors (Lipinski definition) is 2. The molecule has 0 fully saturated rings. The quantitative estimate of drug-likeness (QED) is 0.550. The zero-order valence-electron chi connectivity index (χ0n) is 11.5. The van der Waals surface area contributed by atoms with Gasteiger partial charge in [0.1, 0.15) is 5.75 Å². The molecule has 20 heavy (non-hydrogen) atoms. The minimum Gasteiger partial charge on any atom is -0.494 e. The predicted octanol–water partition coefficient (Wildman–Crippen LogP) is 1.22. The normalized spacial score (nSPS) is 12.2. The summed E-state index contributed by atoms with van der Waals surface area (Å²) in [6.45, 7) is 4.14. The molecule has 7 nitrogen and oxygen atoms in total. The van der Waals surface area contributed by atoms with Gasteiger partial charge >= 0.3 is 0 Å². The lowest BCUT2D eigenvalue weighted by molar-refractivity contribution is -0.384. The number of nitrogens with one attached hydrogen (secondary N) is 1. The molecule has 110 valence electrons. The van der Waals surface area contributed by atoms with Gasteiger partial charge in [-0.3, -0.25) is 14.9 Å². The molecule has 0 aromatic heterocycles. The number of rotatable bonds is 8. The first kappa shape index (κ1) is 15.9. The van der Waals surface area contributed by atoms with Gasteiger partial charge in [0, 0.05) is 24.6 Å². The van der Waals surface area contributed by atoms with Crippen LogP contribution >= 0.6 is 0 Å². The third-order valence-corrected chi connectivity index (χ3v) is 2.60. The molecule has 7 heteroatoms. The van der Waals surface area contributed by atoms with Gasteiger partial charge in [-0.2, -0.15) is 0 Å². The lowest BCUT2D eigenvalue weighted by Crippen LogP contribution is -2.45. The van der Waals surface area contributed by atoms with Crippen LogP contribution in [-0.4, -0.2) is 29.5 Å². The molecule has 1 aromatic carbocycles. The number of amides is 1. The lowest BCUT2D eigenvalue weighted by atomic mass is 10.2. The number of hydrogen-bond acceptors (Lipinski definition) is 5. The van der Waals surface area contributed by atoms with Gasteiger partial charge in [0.05, 0.1) is 17.6 Å². The molecule has 0 spiro atoms. The van der Waals surface area contributed by atoms with Crippen LogP contribution in [0.4, 0.5) is 5.69 Å². The molecule has 1 atom stereocenters. The van der Waals surface area contributed by atoms with Gasteiger partial charge in [-0.25, -0.2) is 0 Å². The number of nitrogens with two attached hydrogens (primary N) is 1. The van der Waals surface area contributed by atoms with Crippen molar-refractivity contribution in [2.75, 3.05) is 6.61 Å². The maximum atomic E-state index is 11.2. The highest BCUT2D eigenvalue weighted by molar-refractivity contribution is 5.79. The Hall–Kier alpha value is -2.15. The van der Waals surface area contributed by atoms with Gasteiger partial charge in [-0.15, -0.1) is 0 Å². The zero-order valence-corrected chi connectivity index (χ0v) is 11.5. The Morgan fingerprint density at radius 3 is 2.45 bits per heavy atom. The van der Waals surface area contributed by atoms with Crippen LogP contribution in [0.15, 0.2) is 24.3 Å². The standard InChI is InChI=1S/C13H19N3O4/c1-9(2)15-12(13(14)17)7-8-20-11-5-3-10(4-6-11)16(18)19/h3-6,9,12,15H,7-8H2,1-2H3,(H2,14,17). The molecule has 1 aromatic rings. The highest BCUT2D eigenvalue weighted by Gasteiger charge is 2.15. The zero-order chi connectivity index (χ0) is 15.1. The molecule has 1 unspecified atom stereocenters. The van der Waals surface area contributed by atoms with Gasteiger partial charge in [-0.05, 0) is 12.1 Å². The third kappa shape index (κ3) is 5.23. The van der Waals surface area contributed by atoms with Crippen molar-refractivity contribution in [2.45, 2.75) is 32.4 Å². The number of non-ortho nitro benzene ring substituents is 1. The first-order valence-corrected chi connectivity index (χ1v) is 6.32. The van der Waals surface area contributed by atoms with Crippen LogP contribution < -0.4 is 15.8 Å². The molecule has 0 aliphatic carbocycles. The Kier molecular flexibility index (Phi) is 5.92. The minimum atomic E-state index is -0.473. The van der Waals surface area contributed by atoms with E-state index in [-0.39, 0.29) is 11.7 Å². The van der Waals surface area contributed by atoms with Gasteiger partial charge in [-0.1, -0.05) is 13.8 Å². The Balaban J connectivity index is 2.46. The summed E-state index contributed by atoms with van der Waals surface area (Å²) in [4.78, 5) is 21.3. The van der Waals surface area contributed by atoms with Crippen molar-refractivity contribution in [2.24, 2.45) is 5.73 Å². The SMILES string of the molecule is CC(C)NC(CCOc1ccc([N+](=O)[O-])cc1)C(N)=O. The van der Waals surface area contributed by atoms with E-state index in [0.717, 1.165) is 0 Å².